The number of hydrogen-bond acceptors (Lipinski definition) is 9. The number of hydrogen-bond donors (Lipinski definition) is 5. The van der Waals surface area contributed by atoms with Crippen LogP contribution in [0.5, 0.6) is 5.75 Å². The molecule has 0 heterocycles. The Morgan fingerprint density at radius 3 is 2.26 bits per heavy atom. The second-order valence-electron chi connectivity index (χ2n) is 9.31. The Morgan fingerprint density at radius 1 is 1.12 bits per heavy atom. The van der Waals surface area contributed by atoms with Crippen LogP contribution < -0.4 is 10.6 Å². The lowest BCUT2D eigenvalue weighted by atomic mass is 9.58. The van der Waals surface area contributed by atoms with E-state index in [0.717, 1.165) is 5.69 Å². The van der Waals surface area contributed by atoms with Gasteiger partial charge in [-0.1, -0.05) is 0 Å². The topological polar surface area (TPSA) is 165 Å². The van der Waals surface area contributed by atoms with Crippen molar-refractivity contribution in [1.82, 2.24) is 4.90 Å². The molecular formula is C23H28ClN3O7. The number of carbonyl (C=O) groups excluding carboxylic acids is 3. The van der Waals surface area contributed by atoms with E-state index in [1.807, 2.05) is 0 Å². The fourth-order valence-electron chi connectivity index (χ4n) is 5.65. The molecule has 4 rings (SSSR count). The Balaban J connectivity index is 0.00000324. The summed E-state index contributed by atoms with van der Waals surface area (Å²) in [7, 11) is 6.79. The van der Waals surface area contributed by atoms with Crippen molar-refractivity contribution >= 4 is 35.6 Å². The van der Waals surface area contributed by atoms with Gasteiger partial charge in [0.05, 0.1) is 11.6 Å². The lowest BCUT2D eigenvalue weighted by Crippen LogP contribution is -2.63. The monoisotopic (exact) mass is 493 g/mol. The number of phenols is 1. The number of phenolic OH excluding ortho intramolecular Hbond substituents is 1. The Morgan fingerprint density at radius 2 is 1.74 bits per heavy atom. The van der Waals surface area contributed by atoms with Gasteiger partial charge in [-0.05, 0) is 50.6 Å². The van der Waals surface area contributed by atoms with E-state index in [-0.39, 0.29) is 42.1 Å². The summed E-state index contributed by atoms with van der Waals surface area (Å²) >= 11 is 0. The molecule has 3 aliphatic rings. The van der Waals surface area contributed by atoms with Crippen LogP contribution in [0.15, 0.2) is 34.8 Å². The third kappa shape index (κ3) is 3.20. The predicted octanol–water partition coefficient (Wildman–Crippen LogP) is 0.608. The second-order valence-corrected chi connectivity index (χ2v) is 9.31. The summed E-state index contributed by atoms with van der Waals surface area (Å²) in [6.07, 6.45) is 0.324. The van der Waals surface area contributed by atoms with Crippen molar-refractivity contribution in [1.29, 1.82) is 0 Å². The first-order chi connectivity index (χ1) is 15.3. The predicted molar refractivity (Wildman–Crippen MR) is 125 cm³/mol. The largest absolute Gasteiger partial charge is 0.510 e. The number of Topliss-reactive ketones (excluding diaryl/α,β-unsaturated/α-hetero) is 2. The quantitative estimate of drug-likeness (QED) is 0.379. The molecule has 0 aromatic heterocycles. The number of likely N-dealkylation sites (N-methyl/N-ethyl adjacent to an activating group) is 1. The molecule has 1 amide bonds. The number of halogens is 1. The van der Waals surface area contributed by atoms with E-state index in [4.69, 9.17) is 5.73 Å². The van der Waals surface area contributed by atoms with Crippen LogP contribution in [0.2, 0.25) is 0 Å². The molecule has 0 fully saturated rings. The summed E-state index contributed by atoms with van der Waals surface area (Å²) in [4.78, 5) is 42.0. The average molecular weight is 494 g/mol. The number of nitrogens with zero attached hydrogens (tertiary/aromatic N) is 2. The molecule has 3 aliphatic carbocycles. The highest BCUT2D eigenvalue weighted by Gasteiger charge is 2.63. The van der Waals surface area contributed by atoms with Gasteiger partial charge in [0.15, 0.2) is 11.4 Å². The van der Waals surface area contributed by atoms with Crippen LogP contribution in [0.25, 0.3) is 0 Å². The van der Waals surface area contributed by atoms with Gasteiger partial charge in [0, 0.05) is 31.3 Å². The number of fused-ring (bicyclic) bond motifs is 3. The van der Waals surface area contributed by atoms with Crippen LogP contribution in [0.3, 0.4) is 0 Å². The van der Waals surface area contributed by atoms with Gasteiger partial charge in [0.2, 0.25) is 5.78 Å². The van der Waals surface area contributed by atoms with Crippen LogP contribution in [0, 0.1) is 11.8 Å². The van der Waals surface area contributed by atoms with Gasteiger partial charge in [-0.3, -0.25) is 19.3 Å². The van der Waals surface area contributed by atoms with Crippen molar-refractivity contribution in [2.24, 2.45) is 17.6 Å². The van der Waals surface area contributed by atoms with Crippen molar-refractivity contribution in [3.63, 3.8) is 0 Å². The zero-order valence-corrected chi connectivity index (χ0v) is 20.0. The summed E-state index contributed by atoms with van der Waals surface area (Å²) < 4.78 is 0. The molecule has 0 spiro atoms. The van der Waals surface area contributed by atoms with E-state index < -0.39 is 58.0 Å². The standard InChI is InChI=1S/C23H27N3O7.ClH/c1-25(2)12-5-6-13(27)15-10(12)7-9-8-11-17(26(3)4)19(29)16(22(24)32)21(31)23(11,33)20(30)14(9)18(15)28;/h5-6,9,11,17,27,29-30,33H,7-8H2,1-4H3,(H2,24,32);1H/t9?,11?,17-,23-;/m0./s1. The highest BCUT2D eigenvalue weighted by Crippen LogP contribution is 2.52. The van der Waals surface area contributed by atoms with E-state index in [1.54, 1.807) is 39.2 Å². The highest BCUT2D eigenvalue weighted by atomic mass is 35.5. The van der Waals surface area contributed by atoms with Gasteiger partial charge in [-0.2, -0.15) is 0 Å². The molecule has 1 aromatic carbocycles. The van der Waals surface area contributed by atoms with Crippen LogP contribution in [0.4, 0.5) is 5.69 Å². The minimum Gasteiger partial charge on any atom is -0.510 e. The molecule has 10 nitrogen and oxygen atoms in total. The van der Waals surface area contributed by atoms with Crippen molar-refractivity contribution in [2.45, 2.75) is 24.5 Å². The first kappa shape index (κ1) is 25.5. The molecule has 2 unspecified atom stereocenters. The average Bonchev–Trinajstić information content (AvgIpc) is 2.70. The SMILES string of the molecule is CN(C)c1ccc(O)c2c1CC1CC3[C@H](N(C)C)C(O)=C(C(N)=O)C(=O)[C@@]3(O)C(O)=C1C2=O.Cl. The second kappa shape index (κ2) is 8.30. The molecular weight excluding hydrogens is 466 g/mol. The molecule has 0 aliphatic heterocycles. The van der Waals surface area contributed by atoms with Crippen LogP contribution in [0.1, 0.15) is 22.3 Å². The number of rotatable bonds is 3. The number of benzene rings is 1. The number of aliphatic hydroxyl groups is 3. The molecule has 4 atom stereocenters. The lowest BCUT2D eigenvalue weighted by molar-refractivity contribution is -0.148. The van der Waals surface area contributed by atoms with E-state index in [1.165, 1.54) is 11.0 Å². The Bertz CT molecular complexity index is 1170. The maximum absolute atomic E-state index is 13.5. The molecule has 0 bridgehead atoms. The van der Waals surface area contributed by atoms with Crippen LogP contribution in [-0.2, 0) is 16.0 Å². The van der Waals surface area contributed by atoms with E-state index in [0.29, 0.717) is 5.56 Å². The number of primary amides is 1. The molecule has 184 valence electrons. The normalized spacial score (nSPS) is 28.2. The number of anilines is 1. The maximum atomic E-state index is 13.5. The molecule has 11 heteroatoms. The van der Waals surface area contributed by atoms with Gasteiger partial charge in [0.1, 0.15) is 22.8 Å². The zero-order chi connectivity index (χ0) is 24.6. The van der Waals surface area contributed by atoms with Gasteiger partial charge in [-0.25, -0.2) is 0 Å². The number of allylic oxidation sites excluding steroid dienone is 1. The summed E-state index contributed by atoms with van der Waals surface area (Å²) in [6.45, 7) is 0. The molecule has 0 saturated carbocycles. The molecule has 6 N–H and O–H groups in total. The van der Waals surface area contributed by atoms with E-state index in [9.17, 15) is 34.8 Å². The van der Waals surface area contributed by atoms with Crippen molar-refractivity contribution in [3.05, 3.63) is 45.9 Å². The van der Waals surface area contributed by atoms with Crippen LogP contribution >= 0.6 is 12.4 Å². The number of nitrogens with two attached hydrogens (primary N) is 1. The van der Waals surface area contributed by atoms with E-state index in [2.05, 4.69) is 0 Å². The number of carbonyl (C=O) groups is 3. The third-order valence-corrected chi connectivity index (χ3v) is 7.06. The van der Waals surface area contributed by atoms with E-state index >= 15 is 0 Å². The molecule has 0 radical (unpaired) electrons. The molecule has 0 saturated heterocycles. The number of ketones is 2. The molecule has 1 aromatic rings. The summed E-state index contributed by atoms with van der Waals surface area (Å²) in [6, 6.07) is 2.06. The highest BCUT2D eigenvalue weighted by molar-refractivity contribution is 6.24. The summed E-state index contributed by atoms with van der Waals surface area (Å²) in [5.74, 6) is -6.53. The van der Waals surface area contributed by atoms with Crippen LogP contribution in [-0.4, -0.2) is 82.6 Å². The van der Waals surface area contributed by atoms with Gasteiger partial charge < -0.3 is 31.1 Å². The Kier molecular flexibility index (Phi) is 6.23. The minimum absolute atomic E-state index is 0. The summed E-state index contributed by atoms with van der Waals surface area (Å²) in [5.41, 5.74) is 3.02. The van der Waals surface area contributed by atoms with Gasteiger partial charge in [-0.15, -0.1) is 12.4 Å². The van der Waals surface area contributed by atoms with Crippen molar-refractivity contribution in [3.8, 4) is 5.75 Å². The minimum atomic E-state index is -2.63. The number of aliphatic hydroxyl groups excluding tert-OH is 2. The third-order valence-electron chi connectivity index (χ3n) is 7.06. The smallest absolute Gasteiger partial charge is 0.255 e. The van der Waals surface area contributed by atoms with Gasteiger partial charge in [0.25, 0.3) is 5.91 Å². The fraction of sp³-hybridized carbons (Fsp3) is 0.435. The zero-order valence-electron chi connectivity index (χ0n) is 19.2. The Labute approximate surface area is 202 Å². The fourth-order valence-corrected chi connectivity index (χ4v) is 5.65. The lowest BCUT2D eigenvalue weighted by Gasteiger charge is -2.50. The molecule has 34 heavy (non-hydrogen) atoms. The van der Waals surface area contributed by atoms with Crippen molar-refractivity contribution in [2.75, 3.05) is 33.1 Å². The number of amides is 1. The maximum Gasteiger partial charge on any atom is 0.255 e. The first-order valence-corrected chi connectivity index (χ1v) is 10.5. The first-order valence-electron chi connectivity index (χ1n) is 10.5. The summed E-state index contributed by atoms with van der Waals surface area (Å²) in [5, 5.41) is 43.9. The van der Waals surface area contributed by atoms with Crippen molar-refractivity contribution < 1.29 is 34.8 Å². The van der Waals surface area contributed by atoms with Gasteiger partial charge >= 0.3 is 0 Å². The Hall–Kier alpha value is -3.08. The number of aromatic hydroxyl groups is 1.